The Balaban J connectivity index is 2.11. The highest BCUT2D eigenvalue weighted by atomic mass is 79.9. The van der Waals surface area contributed by atoms with E-state index in [4.69, 9.17) is 5.73 Å². The summed E-state index contributed by atoms with van der Waals surface area (Å²) in [7, 11) is 0. The van der Waals surface area contributed by atoms with E-state index in [-0.39, 0.29) is 11.9 Å². The smallest absolute Gasteiger partial charge is 0.234 e. The number of hydrogen-bond acceptors (Lipinski definition) is 2. The van der Waals surface area contributed by atoms with Crippen molar-refractivity contribution in [2.75, 3.05) is 6.54 Å². The second kappa shape index (κ2) is 5.65. The van der Waals surface area contributed by atoms with Crippen LogP contribution in [0.5, 0.6) is 0 Å². The van der Waals surface area contributed by atoms with Crippen LogP contribution >= 0.6 is 15.9 Å². The zero-order valence-electron chi connectivity index (χ0n) is 9.73. The Morgan fingerprint density at radius 2 is 2.18 bits per heavy atom. The minimum atomic E-state index is -0.197. The number of hydrogen-bond donors (Lipinski definition) is 1. The lowest BCUT2D eigenvalue weighted by atomic mass is 10.0. The van der Waals surface area contributed by atoms with E-state index < -0.39 is 0 Å². The predicted molar refractivity (Wildman–Crippen MR) is 71.4 cm³/mol. The standard InChI is InChI=1S/C13H17BrN2O/c14-11-6-2-1-5-10(11)9-16-8-4-3-7-12(16)13(15)17/h1-2,5-6,12H,3-4,7-9H2,(H2,15,17). The van der Waals surface area contributed by atoms with Crippen molar-refractivity contribution in [1.82, 2.24) is 4.90 Å². The maximum absolute atomic E-state index is 11.4. The van der Waals surface area contributed by atoms with Gasteiger partial charge in [0.2, 0.25) is 5.91 Å². The molecule has 1 aromatic rings. The summed E-state index contributed by atoms with van der Waals surface area (Å²) in [6.07, 6.45) is 3.13. The highest BCUT2D eigenvalue weighted by molar-refractivity contribution is 9.10. The van der Waals surface area contributed by atoms with Crippen molar-refractivity contribution in [1.29, 1.82) is 0 Å². The second-order valence-corrected chi connectivity index (χ2v) is 5.33. The maximum Gasteiger partial charge on any atom is 0.234 e. The second-order valence-electron chi connectivity index (χ2n) is 4.48. The molecule has 1 amide bonds. The lowest BCUT2D eigenvalue weighted by molar-refractivity contribution is -0.124. The SMILES string of the molecule is NC(=O)C1CCCCN1Cc1ccccc1Br. The first-order valence-electron chi connectivity index (χ1n) is 5.95. The Morgan fingerprint density at radius 1 is 1.41 bits per heavy atom. The Hall–Kier alpha value is -0.870. The summed E-state index contributed by atoms with van der Waals surface area (Å²) in [5.74, 6) is -0.197. The molecule has 1 atom stereocenters. The van der Waals surface area contributed by atoms with E-state index in [1.807, 2.05) is 18.2 Å². The Morgan fingerprint density at radius 3 is 2.88 bits per heavy atom. The minimum absolute atomic E-state index is 0.101. The number of carbonyl (C=O) groups excluding carboxylic acids is 1. The molecule has 1 aliphatic rings. The molecule has 1 fully saturated rings. The van der Waals surface area contributed by atoms with Crippen LogP contribution in [0.3, 0.4) is 0 Å². The summed E-state index contributed by atoms with van der Waals surface area (Å²) < 4.78 is 1.09. The topological polar surface area (TPSA) is 46.3 Å². The van der Waals surface area contributed by atoms with Crippen molar-refractivity contribution >= 4 is 21.8 Å². The Labute approximate surface area is 110 Å². The summed E-state index contributed by atoms with van der Waals surface area (Å²) in [4.78, 5) is 13.6. The molecule has 1 unspecified atom stereocenters. The van der Waals surface area contributed by atoms with Crippen LogP contribution in [0.25, 0.3) is 0 Å². The highest BCUT2D eigenvalue weighted by Gasteiger charge is 2.26. The van der Waals surface area contributed by atoms with E-state index >= 15 is 0 Å². The van der Waals surface area contributed by atoms with Gasteiger partial charge in [0, 0.05) is 11.0 Å². The molecule has 92 valence electrons. The van der Waals surface area contributed by atoms with Crippen LogP contribution in [-0.4, -0.2) is 23.4 Å². The van der Waals surface area contributed by atoms with Gasteiger partial charge in [0.25, 0.3) is 0 Å². The van der Waals surface area contributed by atoms with Gasteiger partial charge >= 0.3 is 0 Å². The number of primary amides is 1. The highest BCUT2D eigenvalue weighted by Crippen LogP contribution is 2.23. The summed E-state index contributed by atoms with van der Waals surface area (Å²) in [6.45, 7) is 1.74. The molecule has 17 heavy (non-hydrogen) atoms. The number of rotatable bonds is 3. The van der Waals surface area contributed by atoms with E-state index in [1.165, 1.54) is 5.56 Å². The van der Waals surface area contributed by atoms with Crippen LogP contribution in [0.15, 0.2) is 28.7 Å². The molecule has 0 radical (unpaired) electrons. The third kappa shape index (κ3) is 3.07. The quantitative estimate of drug-likeness (QED) is 0.930. The van der Waals surface area contributed by atoms with Crippen LogP contribution in [0.1, 0.15) is 24.8 Å². The van der Waals surface area contributed by atoms with E-state index in [1.54, 1.807) is 0 Å². The molecule has 2 rings (SSSR count). The summed E-state index contributed by atoms with van der Waals surface area (Å²) in [5, 5.41) is 0. The molecule has 0 spiro atoms. The third-order valence-corrected chi connectivity index (χ3v) is 4.05. The summed E-state index contributed by atoms with van der Waals surface area (Å²) in [5.41, 5.74) is 6.67. The molecule has 0 saturated carbocycles. The summed E-state index contributed by atoms with van der Waals surface area (Å²) >= 11 is 3.54. The maximum atomic E-state index is 11.4. The van der Waals surface area contributed by atoms with Crippen LogP contribution < -0.4 is 5.73 Å². The van der Waals surface area contributed by atoms with Gasteiger partial charge in [-0.05, 0) is 31.0 Å². The van der Waals surface area contributed by atoms with Gasteiger partial charge in [-0.25, -0.2) is 0 Å². The molecule has 1 saturated heterocycles. The van der Waals surface area contributed by atoms with Crippen molar-refractivity contribution in [3.63, 3.8) is 0 Å². The average Bonchev–Trinajstić information content (AvgIpc) is 2.32. The van der Waals surface area contributed by atoms with E-state index in [9.17, 15) is 4.79 Å². The van der Waals surface area contributed by atoms with E-state index in [0.29, 0.717) is 0 Å². The monoisotopic (exact) mass is 296 g/mol. The van der Waals surface area contributed by atoms with Crippen molar-refractivity contribution in [2.45, 2.75) is 31.8 Å². The molecular weight excluding hydrogens is 280 g/mol. The largest absolute Gasteiger partial charge is 0.368 e. The average molecular weight is 297 g/mol. The molecule has 0 aromatic heterocycles. The van der Waals surface area contributed by atoms with Gasteiger partial charge < -0.3 is 5.73 Å². The van der Waals surface area contributed by atoms with E-state index in [0.717, 1.165) is 36.8 Å². The van der Waals surface area contributed by atoms with Crippen molar-refractivity contribution in [3.05, 3.63) is 34.3 Å². The lowest BCUT2D eigenvalue weighted by Gasteiger charge is -2.33. The molecule has 0 bridgehead atoms. The number of piperidine rings is 1. The molecule has 1 aromatic carbocycles. The van der Waals surface area contributed by atoms with Crippen molar-refractivity contribution in [3.8, 4) is 0 Å². The molecule has 0 aliphatic carbocycles. The third-order valence-electron chi connectivity index (χ3n) is 3.27. The number of nitrogens with two attached hydrogens (primary N) is 1. The van der Waals surface area contributed by atoms with E-state index in [2.05, 4.69) is 26.9 Å². The summed E-state index contributed by atoms with van der Waals surface area (Å²) in [6, 6.07) is 8.02. The zero-order chi connectivity index (χ0) is 12.3. The number of benzene rings is 1. The normalized spacial score (nSPS) is 21.4. The first-order valence-corrected chi connectivity index (χ1v) is 6.74. The predicted octanol–water partition coefficient (Wildman–Crippen LogP) is 2.29. The number of halogens is 1. The van der Waals surface area contributed by atoms with Gasteiger partial charge in [-0.15, -0.1) is 0 Å². The van der Waals surface area contributed by atoms with Gasteiger partial charge in [-0.3, -0.25) is 9.69 Å². The number of likely N-dealkylation sites (tertiary alicyclic amines) is 1. The van der Waals surface area contributed by atoms with Crippen LogP contribution in [0.2, 0.25) is 0 Å². The first kappa shape index (κ1) is 12.6. The van der Waals surface area contributed by atoms with Crippen LogP contribution in [-0.2, 0) is 11.3 Å². The van der Waals surface area contributed by atoms with Crippen molar-refractivity contribution < 1.29 is 4.79 Å². The van der Waals surface area contributed by atoms with Gasteiger partial charge in [-0.2, -0.15) is 0 Å². The molecule has 4 heteroatoms. The number of amides is 1. The fourth-order valence-corrected chi connectivity index (χ4v) is 2.76. The van der Waals surface area contributed by atoms with Gasteiger partial charge in [0.1, 0.15) is 0 Å². The van der Waals surface area contributed by atoms with Gasteiger partial charge in [0.15, 0.2) is 0 Å². The fraction of sp³-hybridized carbons (Fsp3) is 0.462. The van der Waals surface area contributed by atoms with Gasteiger partial charge in [-0.1, -0.05) is 40.5 Å². The molecule has 1 heterocycles. The van der Waals surface area contributed by atoms with Crippen molar-refractivity contribution in [2.24, 2.45) is 5.73 Å². The van der Waals surface area contributed by atoms with Gasteiger partial charge in [0.05, 0.1) is 6.04 Å². The van der Waals surface area contributed by atoms with Crippen LogP contribution in [0, 0.1) is 0 Å². The lowest BCUT2D eigenvalue weighted by Crippen LogP contribution is -2.47. The molecular formula is C13H17BrN2O. The Kier molecular flexibility index (Phi) is 4.18. The first-order chi connectivity index (χ1) is 8.18. The number of nitrogens with zero attached hydrogens (tertiary/aromatic N) is 1. The molecule has 3 nitrogen and oxygen atoms in total. The Bertz CT molecular complexity index is 408. The zero-order valence-corrected chi connectivity index (χ0v) is 11.3. The number of carbonyl (C=O) groups is 1. The minimum Gasteiger partial charge on any atom is -0.368 e. The fourth-order valence-electron chi connectivity index (χ4n) is 2.35. The molecule has 1 aliphatic heterocycles. The van der Waals surface area contributed by atoms with Crippen LogP contribution in [0.4, 0.5) is 0 Å². The molecule has 2 N–H and O–H groups in total.